The quantitative estimate of drug-likeness (QED) is 0.434. The van der Waals surface area contributed by atoms with Crippen LogP contribution in [-0.4, -0.2) is 24.8 Å². The van der Waals surface area contributed by atoms with Crippen molar-refractivity contribution in [2.24, 2.45) is 0 Å². The largest absolute Gasteiger partial charge is 0.461 e. The lowest BCUT2D eigenvalue weighted by Crippen LogP contribution is -2.32. The van der Waals surface area contributed by atoms with E-state index in [0.29, 0.717) is 6.61 Å². The number of cyclic esters (lactones) is 1. The number of hydrogen-bond acceptors (Lipinski definition) is 3. The number of carbonyl (C=O) groups excluding carboxylic acids is 1. The number of ether oxygens (including phenoxy) is 2. The van der Waals surface area contributed by atoms with Crippen LogP contribution in [0.2, 0.25) is 0 Å². The summed E-state index contributed by atoms with van der Waals surface area (Å²) in [7, 11) is 0. The van der Waals surface area contributed by atoms with Crippen LogP contribution < -0.4 is 0 Å². The molecule has 0 aromatic rings. The third kappa shape index (κ3) is 0.721. The summed E-state index contributed by atoms with van der Waals surface area (Å²) in [5.74, 6) is -0.177. The zero-order chi connectivity index (χ0) is 6.27. The summed E-state index contributed by atoms with van der Waals surface area (Å²) in [6, 6.07) is 0. The molecule has 0 aliphatic carbocycles. The molecule has 2 aliphatic rings. The van der Waals surface area contributed by atoms with E-state index in [0.717, 1.165) is 12.8 Å². The van der Waals surface area contributed by atoms with E-state index in [-0.39, 0.29) is 18.2 Å². The molecule has 0 amide bonds. The van der Waals surface area contributed by atoms with Gasteiger partial charge in [0.2, 0.25) is 0 Å². The number of fused-ring (bicyclic) bond motifs is 2. The van der Waals surface area contributed by atoms with Gasteiger partial charge in [0.1, 0.15) is 6.61 Å². The van der Waals surface area contributed by atoms with Crippen molar-refractivity contribution in [3.8, 4) is 0 Å². The monoisotopic (exact) mass is 128 g/mol. The maximum Gasteiger partial charge on any atom is 0.335 e. The Hall–Kier alpha value is -0.570. The van der Waals surface area contributed by atoms with Gasteiger partial charge in [0.05, 0.1) is 6.10 Å². The average molecular weight is 128 g/mol. The van der Waals surface area contributed by atoms with E-state index in [4.69, 9.17) is 9.47 Å². The zero-order valence-corrected chi connectivity index (χ0v) is 5.00. The fraction of sp³-hybridized carbons (Fsp3) is 0.833. The number of carbonyl (C=O) groups is 1. The molecule has 50 valence electrons. The van der Waals surface area contributed by atoms with Gasteiger partial charge in [-0.05, 0) is 12.8 Å². The second kappa shape index (κ2) is 1.70. The maximum atomic E-state index is 10.7. The van der Waals surface area contributed by atoms with Crippen LogP contribution in [0.5, 0.6) is 0 Å². The average Bonchev–Trinajstić information content (AvgIpc) is 2.25. The van der Waals surface area contributed by atoms with Crippen LogP contribution in [0.3, 0.4) is 0 Å². The fourth-order valence-electron chi connectivity index (χ4n) is 1.27. The molecule has 2 saturated heterocycles. The van der Waals surface area contributed by atoms with E-state index in [1.165, 1.54) is 0 Å². The predicted molar refractivity (Wildman–Crippen MR) is 28.9 cm³/mol. The van der Waals surface area contributed by atoms with Crippen molar-refractivity contribution in [1.82, 2.24) is 0 Å². The Balaban J connectivity index is 2.14. The summed E-state index contributed by atoms with van der Waals surface area (Å²) in [5.41, 5.74) is 0. The molecule has 2 aliphatic heterocycles. The van der Waals surface area contributed by atoms with Crippen LogP contribution in [0.15, 0.2) is 0 Å². The first-order valence-corrected chi connectivity index (χ1v) is 3.18. The minimum absolute atomic E-state index is 0.177. The Bertz CT molecular complexity index is 143. The molecular formula is C6H8O3. The van der Waals surface area contributed by atoms with Crippen LogP contribution in [0.4, 0.5) is 0 Å². The SMILES string of the molecule is O=C1OCC2CCC1O2. The summed E-state index contributed by atoms with van der Waals surface area (Å²) in [5, 5.41) is 0. The highest BCUT2D eigenvalue weighted by Crippen LogP contribution is 2.24. The zero-order valence-electron chi connectivity index (χ0n) is 5.00. The summed E-state index contributed by atoms with van der Waals surface area (Å²) in [4.78, 5) is 10.7. The van der Waals surface area contributed by atoms with Gasteiger partial charge >= 0.3 is 5.97 Å². The van der Waals surface area contributed by atoms with Crippen LogP contribution in [0.1, 0.15) is 12.8 Å². The highest BCUT2D eigenvalue weighted by molar-refractivity contribution is 5.75. The van der Waals surface area contributed by atoms with Gasteiger partial charge in [-0.3, -0.25) is 0 Å². The second-order valence-electron chi connectivity index (χ2n) is 2.45. The summed E-state index contributed by atoms with van der Waals surface area (Å²) < 4.78 is 10.0. The Morgan fingerprint density at radius 2 is 2.33 bits per heavy atom. The van der Waals surface area contributed by atoms with Crippen molar-refractivity contribution in [2.45, 2.75) is 25.0 Å². The molecule has 2 unspecified atom stereocenters. The molecule has 2 rings (SSSR count). The van der Waals surface area contributed by atoms with Gasteiger partial charge < -0.3 is 9.47 Å². The lowest BCUT2D eigenvalue weighted by atomic mass is 10.2. The van der Waals surface area contributed by atoms with Crippen molar-refractivity contribution >= 4 is 5.97 Å². The molecule has 0 aromatic carbocycles. The lowest BCUT2D eigenvalue weighted by Gasteiger charge is -2.18. The van der Waals surface area contributed by atoms with Crippen molar-refractivity contribution in [3.63, 3.8) is 0 Å². The van der Waals surface area contributed by atoms with Crippen molar-refractivity contribution in [3.05, 3.63) is 0 Å². The molecule has 2 atom stereocenters. The van der Waals surface area contributed by atoms with Crippen molar-refractivity contribution in [1.29, 1.82) is 0 Å². The standard InChI is InChI=1S/C6H8O3/c7-6-5-2-1-4(9-5)3-8-6/h4-5H,1-3H2. The normalized spacial score (nSPS) is 40.7. The first kappa shape index (κ1) is 5.23. The molecule has 0 spiro atoms. The van der Waals surface area contributed by atoms with E-state index in [9.17, 15) is 4.79 Å². The van der Waals surface area contributed by atoms with Gasteiger partial charge in [-0.1, -0.05) is 0 Å². The molecule has 9 heavy (non-hydrogen) atoms. The van der Waals surface area contributed by atoms with Crippen LogP contribution in [0, 0.1) is 0 Å². The minimum atomic E-state index is -0.233. The topological polar surface area (TPSA) is 35.5 Å². The van der Waals surface area contributed by atoms with E-state index in [2.05, 4.69) is 0 Å². The molecule has 2 fully saturated rings. The molecule has 0 radical (unpaired) electrons. The summed E-state index contributed by atoms with van der Waals surface area (Å²) >= 11 is 0. The van der Waals surface area contributed by atoms with Gasteiger partial charge in [-0.15, -0.1) is 0 Å². The van der Waals surface area contributed by atoms with E-state index >= 15 is 0 Å². The van der Waals surface area contributed by atoms with Gasteiger partial charge in [0.15, 0.2) is 6.10 Å². The van der Waals surface area contributed by atoms with Crippen LogP contribution in [0.25, 0.3) is 0 Å². The number of esters is 1. The Kier molecular flexibility index (Phi) is 0.990. The Morgan fingerprint density at radius 1 is 1.44 bits per heavy atom. The Labute approximate surface area is 52.9 Å². The number of rotatable bonds is 0. The molecule has 0 aromatic heterocycles. The summed E-state index contributed by atoms with van der Waals surface area (Å²) in [6.45, 7) is 0.468. The summed E-state index contributed by atoms with van der Waals surface area (Å²) in [6.07, 6.45) is 1.80. The Morgan fingerprint density at radius 3 is 3.11 bits per heavy atom. The van der Waals surface area contributed by atoms with Gasteiger partial charge in [0.25, 0.3) is 0 Å². The first-order chi connectivity index (χ1) is 4.36. The molecule has 0 saturated carbocycles. The maximum absolute atomic E-state index is 10.7. The minimum Gasteiger partial charge on any atom is -0.461 e. The third-order valence-corrected chi connectivity index (χ3v) is 1.78. The molecule has 2 heterocycles. The van der Waals surface area contributed by atoms with Crippen molar-refractivity contribution < 1.29 is 14.3 Å². The fourth-order valence-corrected chi connectivity index (χ4v) is 1.27. The highest BCUT2D eigenvalue weighted by atomic mass is 16.6. The molecular weight excluding hydrogens is 120 g/mol. The second-order valence-corrected chi connectivity index (χ2v) is 2.45. The lowest BCUT2D eigenvalue weighted by molar-refractivity contribution is -0.172. The van der Waals surface area contributed by atoms with Crippen LogP contribution in [-0.2, 0) is 14.3 Å². The third-order valence-electron chi connectivity index (χ3n) is 1.78. The molecule has 3 nitrogen and oxygen atoms in total. The van der Waals surface area contributed by atoms with Gasteiger partial charge in [0, 0.05) is 0 Å². The first-order valence-electron chi connectivity index (χ1n) is 3.18. The van der Waals surface area contributed by atoms with Crippen LogP contribution >= 0.6 is 0 Å². The van der Waals surface area contributed by atoms with Gasteiger partial charge in [-0.25, -0.2) is 4.79 Å². The number of hydrogen-bond donors (Lipinski definition) is 0. The van der Waals surface area contributed by atoms with Crippen molar-refractivity contribution in [2.75, 3.05) is 6.61 Å². The molecule has 0 N–H and O–H groups in total. The van der Waals surface area contributed by atoms with E-state index in [1.807, 2.05) is 0 Å². The molecule has 3 heteroatoms. The smallest absolute Gasteiger partial charge is 0.335 e. The predicted octanol–water partition coefficient (Wildman–Crippen LogP) is 0.0908. The van der Waals surface area contributed by atoms with E-state index in [1.54, 1.807) is 0 Å². The highest BCUT2D eigenvalue weighted by Gasteiger charge is 2.36. The van der Waals surface area contributed by atoms with Gasteiger partial charge in [-0.2, -0.15) is 0 Å². The molecule has 2 bridgehead atoms. The van der Waals surface area contributed by atoms with E-state index < -0.39 is 0 Å².